The summed E-state index contributed by atoms with van der Waals surface area (Å²) in [6, 6.07) is 10.3. The zero-order valence-electron chi connectivity index (χ0n) is 17.4. The molecule has 0 saturated carbocycles. The number of carbonyl (C=O) groups is 2. The number of amides is 2. The van der Waals surface area contributed by atoms with Crippen LogP contribution in [0.5, 0.6) is 0 Å². The van der Waals surface area contributed by atoms with Gasteiger partial charge < -0.3 is 15.5 Å². The second-order valence-corrected chi connectivity index (χ2v) is 9.55. The number of halogens is 1. The third-order valence-corrected chi connectivity index (χ3v) is 6.79. The maximum atomic E-state index is 12.5. The largest absolute Gasteiger partial charge is 0.359 e. The van der Waals surface area contributed by atoms with Gasteiger partial charge in [-0.25, -0.2) is 13.1 Å². The summed E-state index contributed by atoms with van der Waals surface area (Å²) in [4.78, 5) is 25.9. The molecule has 0 aromatic heterocycles. The number of piperazine rings is 1. The average molecular weight is 465 g/mol. The molecule has 166 valence electrons. The molecule has 1 saturated heterocycles. The van der Waals surface area contributed by atoms with E-state index in [0.717, 1.165) is 11.3 Å². The second kappa shape index (κ2) is 9.67. The van der Waals surface area contributed by atoms with E-state index in [-0.39, 0.29) is 36.2 Å². The van der Waals surface area contributed by atoms with Crippen LogP contribution in [0.2, 0.25) is 5.02 Å². The van der Waals surface area contributed by atoms with Crippen LogP contribution in [-0.2, 0) is 19.6 Å². The Morgan fingerprint density at radius 2 is 1.97 bits per heavy atom. The van der Waals surface area contributed by atoms with E-state index in [4.69, 9.17) is 11.6 Å². The number of nitrogens with zero attached hydrogens (tertiary/aromatic N) is 1. The van der Waals surface area contributed by atoms with E-state index in [1.54, 1.807) is 37.3 Å². The summed E-state index contributed by atoms with van der Waals surface area (Å²) in [5.74, 6) is -0.409. The number of hydrogen-bond acceptors (Lipinski definition) is 5. The van der Waals surface area contributed by atoms with Gasteiger partial charge in [0.05, 0.1) is 22.2 Å². The minimum absolute atomic E-state index is 0.0315. The number of rotatable bonds is 7. The Morgan fingerprint density at radius 3 is 2.68 bits per heavy atom. The Bertz CT molecular complexity index is 1100. The molecule has 0 unspecified atom stereocenters. The molecule has 31 heavy (non-hydrogen) atoms. The molecule has 10 heteroatoms. The zero-order chi connectivity index (χ0) is 22.6. The highest BCUT2D eigenvalue weighted by Gasteiger charge is 2.19. The molecule has 0 radical (unpaired) electrons. The van der Waals surface area contributed by atoms with Crippen molar-refractivity contribution in [3.63, 3.8) is 0 Å². The molecular weight excluding hydrogens is 440 g/mol. The van der Waals surface area contributed by atoms with Crippen LogP contribution in [-0.4, -0.2) is 46.4 Å². The van der Waals surface area contributed by atoms with Crippen molar-refractivity contribution in [2.45, 2.75) is 25.2 Å². The van der Waals surface area contributed by atoms with E-state index in [1.807, 2.05) is 17.9 Å². The predicted molar refractivity (Wildman–Crippen MR) is 121 cm³/mol. The third kappa shape index (κ3) is 5.96. The maximum Gasteiger partial charge on any atom is 0.240 e. The molecule has 1 aliphatic heterocycles. The summed E-state index contributed by atoms with van der Waals surface area (Å²) in [5.41, 5.74) is 2.70. The number of anilines is 2. The van der Waals surface area contributed by atoms with Crippen molar-refractivity contribution in [2.75, 3.05) is 36.4 Å². The molecule has 2 amide bonds. The van der Waals surface area contributed by atoms with Crippen molar-refractivity contribution in [1.82, 2.24) is 10.0 Å². The summed E-state index contributed by atoms with van der Waals surface area (Å²) in [5, 5.41) is 5.89. The van der Waals surface area contributed by atoms with Gasteiger partial charge in [-0.05, 0) is 49.2 Å². The van der Waals surface area contributed by atoms with Gasteiger partial charge in [-0.3, -0.25) is 9.59 Å². The van der Waals surface area contributed by atoms with Crippen LogP contribution in [0, 0.1) is 13.8 Å². The van der Waals surface area contributed by atoms with E-state index < -0.39 is 10.0 Å². The van der Waals surface area contributed by atoms with Gasteiger partial charge in [-0.1, -0.05) is 23.7 Å². The quantitative estimate of drug-likeness (QED) is 0.582. The molecular formula is C21H25ClN4O4S. The van der Waals surface area contributed by atoms with Crippen molar-refractivity contribution in [3.05, 3.63) is 52.5 Å². The maximum absolute atomic E-state index is 12.5. The molecule has 3 rings (SSSR count). The second-order valence-electron chi connectivity index (χ2n) is 7.40. The van der Waals surface area contributed by atoms with E-state index in [1.165, 1.54) is 0 Å². The number of aryl methyl sites for hydroxylation is 2. The number of benzene rings is 2. The molecule has 1 fully saturated rings. The zero-order valence-corrected chi connectivity index (χ0v) is 18.9. The standard InChI is InChI=1S/C21H25ClN4O4S/c1-14-3-4-15(2)19(11-14)31(29,30)24-8-7-20(27)25-16-5-6-18(17(22)12-16)26-10-9-23-21(28)13-26/h3-6,11-12,24H,7-10,13H2,1-2H3,(H,23,28)(H,25,27). The molecule has 3 N–H and O–H groups in total. The summed E-state index contributed by atoms with van der Waals surface area (Å²) in [6.07, 6.45) is -0.0320. The first-order valence-corrected chi connectivity index (χ1v) is 11.7. The van der Waals surface area contributed by atoms with Crippen LogP contribution in [0.3, 0.4) is 0 Å². The fourth-order valence-electron chi connectivity index (χ4n) is 3.28. The molecule has 0 atom stereocenters. The lowest BCUT2D eigenvalue weighted by Gasteiger charge is -2.29. The summed E-state index contributed by atoms with van der Waals surface area (Å²) in [7, 11) is -3.70. The number of hydrogen-bond donors (Lipinski definition) is 3. The Hall–Kier alpha value is -2.62. The number of sulfonamides is 1. The fraction of sp³-hybridized carbons (Fsp3) is 0.333. The van der Waals surface area contributed by atoms with E-state index >= 15 is 0 Å². The van der Waals surface area contributed by atoms with Gasteiger partial charge in [-0.15, -0.1) is 0 Å². The van der Waals surface area contributed by atoms with Gasteiger partial charge in [-0.2, -0.15) is 0 Å². The molecule has 2 aromatic rings. The van der Waals surface area contributed by atoms with Crippen molar-refractivity contribution in [1.29, 1.82) is 0 Å². The van der Waals surface area contributed by atoms with Crippen LogP contribution in [0.15, 0.2) is 41.3 Å². The van der Waals surface area contributed by atoms with Gasteiger partial charge >= 0.3 is 0 Å². The van der Waals surface area contributed by atoms with Crippen molar-refractivity contribution in [3.8, 4) is 0 Å². The smallest absolute Gasteiger partial charge is 0.240 e. The lowest BCUT2D eigenvalue weighted by molar-refractivity contribution is -0.120. The topological polar surface area (TPSA) is 108 Å². The van der Waals surface area contributed by atoms with Crippen molar-refractivity contribution >= 4 is 44.8 Å². The lowest BCUT2D eigenvalue weighted by Crippen LogP contribution is -2.47. The lowest BCUT2D eigenvalue weighted by atomic mass is 10.2. The van der Waals surface area contributed by atoms with Gasteiger partial charge in [0.15, 0.2) is 0 Å². The third-order valence-electron chi connectivity index (χ3n) is 4.89. The Kier molecular flexibility index (Phi) is 7.19. The predicted octanol–water partition coefficient (Wildman–Crippen LogP) is 2.20. The van der Waals surface area contributed by atoms with E-state index in [9.17, 15) is 18.0 Å². The van der Waals surface area contributed by atoms with Crippen molar-refractivity contribution < 1.29 is 18.0 Å². The Labute approximate surface area is 187 Å². The van der Waals surface area contributed by atoms with E-state index in [0.29, 0.717) is 29.4 Å². The molecule has 0 spiro atoms. The SMILES string of the molecule is Cc1ccc(C)c(S(=O)(=O)NCCC(=O)Nc2ccc(N3CCNC(=O)C3)c(Cl)c2)c1. The van der Waals surface area contributed by atoms with Crippen LogP contribution < -0.4 is 20.3 Å². The molecule has 2 aromatic carbocycles. The molecule has 1 heterocycles. The van der Waals surface area contributed by atoms with Gasteiger partial charge in [0.1, 0.15) is 0 Å². The minimum Gasteiger partial charge on any atom is -0.359 e. The van der Waals surface area contributed by atoms with Gasteiger partial charge in [0, 0.05) is 31.7 Å². The fourth-order valence-corrected chi connectivity index (χ4v) is 4.94. The summed E-state index contributed by atoms with van der Waals surface area (Å²) >= 11 is 6.34. The minimum atomic E-state index is -3.70. The molecule has 1 aliphatic rings. The molecule has 0 bridgehead atoms. The van der Waals surface area contributed by atoms with Crippen LogP contribution >= 0.6 is 11.6 Å². The first kappa shape index (κ1) is 23.1. The van der Waals surface area contributed by atoms with Crippen LogP contribution in [0.1, 0.15) is 17.5 Å². The van der Waals surface area contributed by atoms with E-state index in [2.05, 4.69) is 15.4 Å². The number of carbonyl (C=O) groups excluding carboxylic acids is 2. The summed E-state index contributed by atoms with van der Waals surface area (Å²) < 4.78 is 27.5. The first-order chi connectivity index (χ1) is 14.7. The summed E-state index contributed by atoms with van der Waals surface area (Å²) in [6.45, 7) is 4.94. The van der Waals surface area contributed by atoms with Crippen molar-refractivity contribution in [2.24, 2.45) is 0 Å². The van der Waals surface area contributed by atoms with Gasteiger partial charge in [0.2, 0.25) is 21.8 Å². The normalized spacial score (nSPS) is 14.3. The van der Waals surface area contributed by atoms with Gasteiger partial charge in [0.25, 0.3) is 0 Å². The van der Waals surface area contributed by atoms with Crippen LogP contribution in [0.4, 0.5) is 11.4 Å². The average Bonchev–Trinajstić information content (AvgIpc) is 2.69. The van der Waals surface area contributed by atoms with Crippen LogP contribution in [0.25, 0.3) is 0 Å². The molecule has 8 nitrogen and oxygen atoms in total. The highest BCUT2D eigenvalue weighted by molar-refractivity contribution is 7.89. The number of nitrogens with one attached hydrogen (secondary N) is 3. The Balaban J connectivity index is 1.55. The highest BCUT2D eigenvalue weighted by atomic mass is 35.5. The molecule has 0 aliphatic carbocycles. The highest BCUT2D eigenvalue weighted by Crippen LogP contribution is 2.29. The monoisotopic (exact) mass is 464 g/mol. The first-order valence-electron chi connectivity index (χ1n) is 9.84. The Morgan fingerprint density at radius 1 is 1.19 bits per heavy atom.